The lowest BCUT2D eigenvalue weighted by Crippen LogP contribution is -2.31. The van der Waals surface area contributed by atoms with Gasteiger partial charge in [0.15, 0.2) is 0 Å². The number of pyridine rings is 1. The maximum Gasteiger partial charge on any atom is 0.275 e. The van der Waals surface area contributed by atoms with Gasteiger partial charge in [0.25, 0.3) is 11.5 Å². The van der Waals surface area contributed by atoms with Crippen LogP contribution >= 0.6 is 0 Å². The molecule has 0 fully saturated rings. The molecule has 9 heteroatoms. The van der Waals surface area contributed by atoms with E-state index in [4.69, 9.17) is 0 Å². The summed E-state index contributed by atoms with van der Waals surface area (Å²) in [5.41, 5.74) is 1.07. The highest BCUT2D eigenvalue weighted by Gasteiger charge is 2.26. The molecule has 1 aromatic carbocycles. The van der Waals surface area contributed by atoms with Crippen LogP contribution in [0.3, 0.4) is 0 Å². The molecule has 0 aliphatic heterocycles. The van der Waals surface area contributed by atoms with Crippen molar-refractivity contribution in [2.24, 2.45) is 0 Å². The number of anilines is 1. The van der Waals surface area contributed by atoms with Crippen molar-refractivity contribution in [2.75, 3.05) is 5.32 Å². The monoisotopic (exact) mass is 425 g/mol. The van der Waals surface area contributed by atoms with E-state index >= 15 is 0 Å². The van der Waals surface area contributed by atoms with Gasteiger partial charge in [-0.25, -0.2) is 18.4 Å². The van der Waals surface area contributed by atoms with Crippen molar-refractivity contribution in [3.05, 3.63) is 70.5 Å². The van der Waals surface area contributed by atoms with Gasteiger partial charge in [-0.1, -0.05) is 19.9 Å². The highest BCUT2D eigenvalue weighted by atomic mass is 19.3. The molecule has 3 heterocycles. The summed E-state index contributed by atoms with van der Waals surface area (Å²) < 4.78 is 30.4. The number of carbonyl (C=O) groups excluding carboxylic acids is 1. The molecular weight excluding hydrogens is 404 g/mol. The second kappa shape index (κ2) is 7.57. The quantitative estimate of drug-likeness (QED) is 0.526. The maximum absolute atomic E-state index is 13.8. The Morgan fingerprint density at radius 2 is 1.97 bits per heavy atom. The van der Waals surface area contributed by atoms with Crippen molar-refractivity contribution in [1.29, 1.82) is 0 Å². The van der Waals surface area contributed by atoms with Crippen molar-refractivity contribution in [1.82, 2.24) is 19.2 Å². The number of rotatable bonds is 5. The number of alkyl halides is 2. The summed E-state index contributed by atoms with van der Waals surface area (Å²) in [6.07, 6.45) is 5.11. The van der Waals surface area contributed by atoms with Crippen molar-refractivity contribution >= 4 is 28.0 Å². The molecule has 7 nitrogen and oxygen atoms in total. The highest BCUT2D eigenvalue weighted by molar-refractivity contribution is 5.91. The Balaban J connectivity index is 1.68. The molecule has 3 aromatic heterocycles. The fourth-order valence-electron chi connectivity index (χ4n) is 3.45. The third-order valence-corrected chi connectivity index (χ3v) is 5.01. The minimum Gasteiger partial charge on any atom is -0.323 e. The molecule has 0 aliphatic carbocycles. The van der Waals surface area contributed by atoms with Crippen LogP contribution in [0, 0.1) is 0 Å². The molecule has 0 saturated carbocycles. The molecule has 0 unspecified atom stereocenters. The van der Waals surface area contributed by atoms with Gasteiger partial charge < -0.3 is 9.72 Å². The number of aromatic nitrogens is 4. The zero-order valence-electron chi connectivity index (χ0n) is 17.3. The lowest BCUT2D eigenvalue weighted by molar-refractivity contribution is -0.117. The predicted molar refractivity (Wildman–Crippen MR) is 113 cm³/mol. The first-order chi connectivity index (χ1) is 14.6. The normalized spacial score (nSPS) is 12.1. The summed E-state index contributed by atoms with van der Waals surface area (Å²) in [7, 11) is 0. The van der Waals surface area contributed by atoms with Crippen molar-refractivity contribution in [2.45, 2.75) is 39.2 Å². The summed E-state index contributed by atoms with van der Waals surface area (Å²) >= 11 is 0. The van der Waals surface area contributed by atoms with Crippen LogP contribution in [0.2, 0.25) is 0 Å². The zero-order chi connectivity index (χ0) is 22.3. The molecule has 0 bridgehead atoms. The average Bonchev–Trinajstić information content (AvgIpc) is 3.16. The van der Waals surface area contributed by atoms with Gasteiger partial charge in [-0.2, -0.15) is 5.10 Å². The number of fused-ring (bicyclic) bond motifs is 2. The number of carbonyl (C=O) groups is 1. The molecule has 0 atom stereocenters. The fraction of sp³-hybridized carbons (Fsp3) is 0.273. The lowest BCUT2D eigenvalue weighted by Gasteiger charge is -2.16. The molecular formula is C22H21F2N5O2. The molecule has 1 amide bonds. The molecule has 0 saturated heterocycles. The Labute approximate surface area is 176 Å². The largest absolute Gasteiger partial charge is 0.323 e. The molecule has 0 radical (unpaired) electrons. The van der Waals surface area contributed by atoms with Gasteiger partial charge in [-0.3, -0.25) is 9.59 Å². The first-order valence-electron chi connectivity index (χ1n) is 9.79. The van der Waals surface area contributed by atoms with E-state index in [2.05, 4.69) is 15.4 Å². The second-order valence-electron chi connectivity index (χ2n) is 7.81. The smallest absolute Gasteiger partial charge is 0.275 e. The lowest BCUT2D eigenvalue weighted by atomic mass is 9.99. The molecule has 0 spiro atoms. The van der Waals surface area contributed by atoms with E-state index in [1.54, 1.807) is 35.1 Å². The minimum absolute atomic E-state index is 0.137. The van der Waals surface area contributed by atoms with Gasteiger partial charge >= 0.3 is 0 Å². The number of amides is 1. The van der Waals surface area contributed by atoms with E-state index in [0.29, 0.717) is 16.8 Å². The van der Waals surface area contributed by atoms with Crippen molar-refractivity contribution in [3.8, 4) is 0 Å². The number of nitrogens with zero attached hydrogens (tertiary/aromatic N) is 4. The Kier molecular flexibility index (Phi) is 5.04. The molecule has 4 rings (SSSR count). The van der Waals surface area contributed by atoms with Crippen molar-refractivity contribution in [3.63, 3.8) is 0 Å². The minimum atomic E-state index is -3.03. The van der Waals surface area contributed by atoms with Crippen LogP contribution in [0.15, 0.2) is 53.7 Å². The first-order valence-corrected chi connectivity index (χ1v) is 9.79. The van der Waals surface area contributed by atoms with E-state index in [0.717, 1.165) is 17.3 Å². The third kappa shape index (κ3) is 4.03. The van der Waals surface area contributed by atoms with E-state index in [1.165, 1.54) is 18.2 Å². The van der Waals surface area contributed by atoms with Gasteiger partial charge in [0.2, 0.25) is 5.91 Å². The van der Waals surface area contributed by atoms with E-state index in [-0.39, 0.29) is 23.4 Å². The van der Waals surface area contributed by atoms with Crippen LogP contribution in [-0.4, -0.2) is 25.1 Å². The second-order valence-corrected chi connectivity index (χ2v) is 7.81. The highest BCUT2D eigenvalue weighted by Crippen LogP contribution is 2.31. The Hall–Kier alpha value is -3.62. The average molecular weight is 425 g/mol. The van der Waals surface area contributed by atoms with Crippen LogP contribution in [-0.2, 0) is 17.3 Å². The van der Waals surface area contributed by atoms with Crippen molar-refractivity contribution < 1.29 is 13.6 Å². The van der Waals surface area contributed by atoms with Gasteiger partial charge in [-0.05, 0) is 30.2 Å². The van der Waals surface area contributed by atoms with Crippen LogP contribution < -0.4 is 10.9 Å². The van der Waals surface area contributed by atoms with E-state index in [9.17, 15) is 18.4 Å². The van der Waals surface area contributed by atoms with Crippen LogP contribution in [0.1, 0.15) is 37.9 Å². The molecule has 4 aromatic rings. The van der Waals surface area contributed by atoms with E-state index in [1.807, 2.05) is 13.8 Å². The number of imidazole rings is 1. The number of hydrogen-bond donors (Lipinski definition) is 1. The Bertz CT molecular complexity index is 1350. The van der Waals surface area contributed by atoms with Gasteiger partial charge in [0, 0.05) is 36.5 Å². The summed E-state index contributed by atoms with van der Waals surface area (Å²) in [6, 6.07) is 7.39. The molecule has 160 valence electrons. The number of hydrogen-bond acceptors (Lipinski definition) is 4. The zero-order valence-corrected chi connectivity index (χ0v) is 17.3. The number of benzene rings is 1. The van der Waals surface area contributed by atoms with Crippen LogP contribution in [0.4, 0.5) is 14.5 Å². The number of nitrogens with one attached hydrogen (secondary N) is 1. The molecule has 31 heavy (non-hydrogen) atoms. The van der Waals surface area contributed by atoms with Gasteiger partial charge in [-0.15, -0.1) is 0 Å². The molecule has 0 aliphatic rings. The summed E-state index contributed by atoms with van der Waals surface area (Å²) in [4.78, 5) is 29.6. The van der Waals surface area contributed by atoms with Gasteiger partial charge in [0.05, 0.1) is 16.8 Å². The maximum atomic E-state index is 13.8. The first kappa shape index (κ1) is 20.6. The predicted octanol–water partition coefficient (Wildman–Crippen LogP) is 3.92. The summed E-state index contributed by atoms with van der Waals surface area (Å²) in [5, 5.41) is 7.69. The van der Waals surface area contributed by atoms with Crippen LogP contribution in [0.5, 0.6) is 0 Å². The number of halogens is 2. The van der Waals surface area contributed by atoms with Crippen LogP contribution in [0.25, 0.3) is 16.4 Å². The SMILES string of the molecule is CC(C)c1nn(CC(=O)Nc2ccc3nccn3c2)c(=O)c2ccc(C(C)(F)F)cc12. The molecule has 1 N–H and O–H groups in total. The van der Waals surface area contributed by atoms with Gasteiger partial charge in [0.1, 0.15) is 12.2 Å². The Morgan fingerprint density at radius 1 is 1.19 bits per heavy atom. The fourth-order valence-corrected chi connectivity index (χ4v) is 3.45. The summed E-state index contributed by atoms with van der Waals surface area (Å²) in [5.74, 6) is -3.60. The summed E-state index contributed by atoms with van der Waals surface area (Å²) in [6.45, 7) is 4.22. The van der Waals surface area contributed by atoms with E-state index < -0.39 is 17.4 Å². The third-order valence-electron chi connectivity index (χ3n) is 5.01. The topological polar surface area (TPSA) is 81.3 Å². The Morgan fingerprint density at radius 3 is 2.68 bits per heavy atom. The standard InChI is InChI=1S/C22H21F2N5O2/c1-13(2)20-17-10-14(22(3,23)24)4-6-16(17)21(31)29(27-20)12-19(30)26-15-5-7-18-25-8-9-28(18)11-15/h4-11,13H,12H2,1-3H3,(H,26,30).